The zero-order valence-electron chi connectivity index (χ0n) is 15.3. The highest BCUT2D eigenvalue weighted by Gasteiger charge is 2.23. The molecule has 2 heterocycles. The number of nitrogens with zero attached hydrogens (tertiary/aromatic N) is 3. The van der Waals surface area contributed by atoms with Crippen LogP contribution in [-0.4, -0.2) is 85.2 Å². The molecule has 0 spiro atoms. The Kier molecular flexibility index (Phi) is 7.80. The van der Waals surface area contributed by atoms with E-state index in [1.165, 1.54) is 13.0 Å². The van der Waals surface area contributed by atoms with Crippen LogP contribution < -0.4 is 0 Å². The van der Waals surface area contributed by atoms with Crippen LogP contribution in [0.15, 0.2) is 0 Å². The lowest BCUT2D eigenvalue weighted by atomic mass is 10.1. The number of likely N-dealkylation sites (tertiary alicyclic amines) is 1. The molecule has 0 unspecified atom stereocenters. The molecule has 23 heavy (non-hydrogen) atoms. The molecule has 0 radical (unpaired) electrons. The maximum atomic E-state index is 12.1. The molecule has 0 aromatic heterocycles. The van der Waals surface area contributed by atoms with Gasteiger partial charge in [-0.3, -0.25) is 9.69 Å². The summed E-state index contributed by atoms with van der Waals surface area (Å²) in [5, 5.41) is 0. The van der Waals surface area contributed by atoms with E-state index in [-0.39, 0.29) is 12.1 Å². The van der Waals surface area contributed by atoms with Crippen molar-refractivity contribution in [3.63, 3.8) is 0 Å². The van der Waals surface area contributed by atoms with Gasteiger partial charge in [0.15, 0.2) is 0 Å². The maximum absolute atomic E-state index is 12.1. The summed E-state index contributed by atoms with van der Waals surface area (Å²) >= 11 is 0. The van der Waals surface area contributed by atoms with E-state index in [2.05, 4.69) is 35.5 Å². The first-order chi connectivity index (χ1) is 11.1. The van der Waals surface area contributed by atoms with Gasteiger partial charge in [-0.25, -0.2) is 0 Å². The van der Waals surface area contributed by atoms with Crippen LogP contribution in [0.4, 0.5) is 0 Å². The van der Waals surface area contributed by atoms with Crippen LogP contribution in [0.3, 0.4) is 0 Å². The maximum Gasteiger partial charge on any atom is 0.307 e. The Bertz CT molecular complexity index is 346. The van der Waals surface area contributed by atoms with Crippen LogP contribution in [0, 0.1) is 0 Å². The highest BCUT2D eigenvalue weighted by atomic mass is 16.5. The number of carbonyl (C=O) groups is 1. The monoisotopic (exact) mass is 325 g/mol. The first-order valence-electron chi connectivity index (χ1n) is 9.46. The van der Waals surface area contributed by atoms with Crippen LogP contribution in [0.2, 0.25) is 0 Å². The van der Waals surface area contributed by atoms with Crippen molar-refractivity contribution in [2.45, 2.75) is 58.6 Å². The molecule has 0 amide bonds. The number of piperidine rings is 1. The lowest BCUT2D eigenvalue weighted by Crippen LogP contribution is -2.49. The molecule has 2 aliphatic heterocycles. The summed E-state index contributed by atoms with van der Waals surface area (Å²) in [7, 11) is 0. The molecular weight excluding hydrogens is 290 g/mol. The highest BCUT2D eigenvalue weighted by molar-refractivity contribution is 5.69. The van der Waals surface area contributed by atoms with Gasteiger partial charge in [0.1, 0.15) is 6.10 Å². The van der Waals surface area contributed by atoms with E-state index in [0.29, 0.717) is 12.5 Å². The highest BCUT2D eigenvalue weighted by Crippen LogP contribution is 2.15. The van der Waals surface area contributed by atoms with Gasteiger partial charge in [0.05, 0.1) is 6.42 Å². The number of piperazine rings is 1. The van der Waals surface area contributed by atoms with Gasteiger partial charge in [-0.15, -0.1) is 0 Å². The van der Waals surface area contributed by atoms with E-state index >= 15 is 0 Å². The Hall–Kier alpha value is -0.650. The first kappa shape index (κ1) is 18.7. The van der Waals surface area contributed by atoms with Gasteiger partial charge in [0, 0.05) is 51.9 Å². The second kappa shape index (κ2) is 9.60. The quantitative estimate of drug-likeness (QED) is 0.667. The topological polar surface area (TPSA) is 36.0 Å². The Morgan fingerprint density at radius 2 is 1.61 bits per heavy atom. The summed E-state index contributed by atoms with van der Waals surface area (Å²) in [4.78, 5) is 19.4. The molecule has 5 heteroatoms. The minimum Gasteiger partial charge on any atom is -0.462 e. The van der Waals surface area contributed by atoms with Gasteiger partial charge >= 0.3 is 5.97 Å². The van der Waals surface area contributed by atoms with E-state index in [1.54, 1.807) is 0 Å². The van der Waals surface area contributed by atoms with Crippen molar-refractivity contribution in [1.82, 2.24) is 14.7 Å². The van der Waals surface area contributed by atoms with E-state index in [9.17, 15) is 4.79 Å². The van der Waals surface area contributed by atoms with Gasteiger partial charge in [0.25, 0.3) is 0 Å². The summed E-state index contributed by atoms with van der Waals surface area (Å²) in [5.74, 6) is -0.00905. The number of ether oxygens (including phenoxy) is 1. The summed E-state index contributed by atoms with van der Waals surface area (Å²) in [6.45, 7) is 15.2. The molecule has 2 saturated heterocycles. The molecule has 2 fully saturated rings. The number of esters is 1. The third-order valence-electron chi connectivity index (χ3n) is 5.14. The molecule has 0 aliphatic carbocycles. The van der Waals surface area contributed by atoms with Crippen molar-refractivity contribution in [1.29, 1.82) is 0 Å². The Labute approximate surface area is 141 Å². The minimum absolute atomic E-state index is 0.00905. The standard InChI is InChI=1S/C18H35N3O2/c1-4-8-19-9-5-17(6-10-19)23-18(22)7-11-20-12-14-21(15-13-20)16(2)3/h16-17H,4-15H2,1-3H3. The number of hydrogen-bond donors (Lipinski definition) is 0. The smallest absolute Gasteiger partial charge is 0.307 e. The van der Waals surface area contributed by atoms with E-state index in [0.717, 1.165) is 58.7 Å². The molecule has 0 N–H and O–H groups in total. The molecule has 5 nitrogen and oxygen atoms in total. The van der Waals surface area contributed by atoms with Crippen molar-refractivity contribution in [2.24, 2.45) is 0 Å². The van der Waals surface area contributed by atoms with Crippen LogP contribution in [-0.2, 0) is 9.53 Å². The van der Waals surface area contributed by atoms with Gasteiger partial charge in [-0.05, 0) is 39.7 Å². The van der Waals surface area contributed by atoms with Crippen molar-refractivity contribution >= 4 is 5.97 Å². The lowest BCUT2D eigenvalue weighted by Gasteiger charge is -2.36. The fraction of sp³-hybridized carbons (Fsp3) is 0.944. The second-order valence-electron chi connectivity index (χ2n) is 7.25. The SMILES string of the molecule is CCCN1CCC(OC(=O)CCN2CCN(C(C)C)CC2)CC1. The van der Waals surface area contributed by atoms with Gasteiger partial charge in [-0.2, -0.15) is 0 Å². The van der Waals surface area contributed by atoms with Crippen LogP contribution >= 0.6 is 0 Å². The minimum atomic E-state index is -0.00905. The van der Waals surface area contributed by atoms with Crippen molar-refractivity contribution in [3.8, 4) is 0 Å². The summed E-state index contributed by atoms with van der Waals surface area (Å²) < 4.78 is 5.67. The van der Waals surface area contributed by atoms with E-state index < -0.39 is 0 Å². The average Bonchev–Trinajstić information content (AvgIpc) is 2.55. The lowest BCUT2D eigenvalue weighted by molar-refractivity contribution is -0.151. The Balaban J connectivity index is 1.57. The predicted molar refractivity (Wildman–Crippen MR) is 93.6 cm³/mol. The van der Waals surface area contributed by atoms with Crippen LogP contribution in [0.5, 0.6) is 0 Å². The third-order valence-corrected chi connectivity index (χ3v) is 5.14. The summed E-state index contributed by atoms with van der Waals surface area (Å²) in [5.41, 5.74) is 0. The number of hydrogen-bond acceptors (Lipinski definition) is 5. The normalized spacial score (nSPS) is 22.6. The van der Waals surface area contributed by atoms with Crippen LogP contribution in [0.25, 0.3) is 0 Å². The molecule has 2 aliphatic rings. The molecule has 0 saturated carbocycles. The van der Waals surface area contributed by atoms with Crippen molar-refractivity contribution in [2.75, 3.05) is 52.4 Å². The molecule has 0 aromatic carbocycles. The van der Waals surface area contributed by atoms with Gasteiger partial charge in [0.2, 0.25) is 0 Å². The van der Waals surface area contributed by atoms with E-state index in [4.69, 9.17) is 4.74 Å². The van der Waals surface area contributed by atoms with Gasteiger partial charge in [-0.1, -0.05) is 6.92 Å². The van der Waals surface area contributed by atoms with Crippen molar-refractivity contribution < 1.29 is 9.53 Å². The Morgan fingerprint density at radius 1 is 1.00 bits per heavy atom. The fourth-order valence-corrected chi connectivity index (χ4v) is 3.56. The van der Waals surface area contributed by atoms with E-state index in [1.807, 2.05) is 0 Å². The predicted octanol–water partition coefficient (Wildman–Crippen LogP) is 1.82. The fourth-order valence-electron chi connectivity index (χ4n) is 3.56. The molecular formula is C18H35N3O2. The Morgan fingerprint density at radius 3 is 2.17 bits per heavy atom. The second-order valence-corrected chi connectivity index (χ2v) is 7.25. The molecule has 134 valence electrons. The first-order valence-corrected chi connectivity index (χ1v) is 9.46. The zero-order chi connectivity index (χ0) is 16.7. The molecule has 0 aromatic rings. The molecule has 0 atom stereocenters. The largest absolute Gasteiger partial charge is 0.462 e. The summed E-state index contributed by atoms with van der Waals surface area (Å²) in [6, 6.07) is 0.626. The van der Waals surface area contributed by atoms with Crippen molar-refractivity contribution in [3.05, 3.63) is 0 Å². The average molecular weight is 325 g/mol. The summed E-state index contributed by atoms with van der Waals surface area (Å²) in [6.07, 6.45) is 3.89. The zero-order valence-corrected chi connectivity index (χ0v) is 15.3. The third kappa shape index (κ3) is 6.40. The number of rotatable bonds is 7. The molecule has 2 rings (SSSR count). The van der Waals surface area contributed by atoms with Gasteiger partial charge < -0.3 is 14.5 Å². The number of carbonyl (C=O) groups excluding carboxylic acids is 1. The molecule has 0 bridgehead atoms. The van der Waals surface area contributed by atoms with Crippen LogP contribution in [0.1, 0.15) is 46.5 Å².